The Bertz CT molecular complexity index is 1020. The highest BCUT2D eigenvalue weighted by molar-refractivity contribution is 6.06. The molecule has 0 aliphatic rings. The standard InChI is InChI=1S/C21H25N5O4/c1-5-25-12-18(19(24-25)21(28)29-4)22-20(27)17-10-11-26(23-17)13-30-16-8-6-15(7-9-16)14(2)3/h6-12,14H,5,13H2,1-4H3,(H,22,27). The first-order valence-electron chi connectivity index (χ1n) is 9.64. The van der Waals surface area contributed by atoms with Crippen LogP contribution in [0.3, 0.4) is 0 Å². The number of carbonyl (C=O) groups excluding carboxylic acids is 2. The summed E-state index contributed by atoms with van der Waals surface area (Å²) >= 11 is 0. The number of nitrogens with zero attached hydrogens (tertiary/aromatic N) is 4. The molecule has 0 radical (unpaired) electrons. The molecule has 1 N–H and O–H groups in total. The number of rotatable bonds is 8. The van der Waals surface area contributed by atoms with Gasteiger partial charge in [-0.25, -0.2) is 9.48 Å². The van der Waals surface area contributed by atoms with Crippen LogP contribution in [-0.2, 0) is 18.0 Å². The molecule has 3 aromatic rings. The Morgan fingerprint density at radius 2 is 1.83 bits per heavy atom. The number of aryl methyl sites for hydroxylation is 1. The Labute approximate surface area is 174 Å². The van der Waals surface area contributed by atoms with Crippen LogP contribution in [0.25, 0.3) is 0 Å². The minimum atomic E-state index is -0.625. The molecule has 2 heterocycles. The van der Waals surface area contributed by atoms with E-state index in [1.54, 1.807) is 23.1 Å². The third-order valence-electron chi connectivity index (χ3n) is 4.50. The quantitative estimate of drug-likeness (QED) is 0.571. The van der Waals surface area contributed by atoms with Crippen LogP contribution in [0, 0.1) is 0 Å². The molecular weight excluding hydrogens is 386 g/mol. The monoisotopic (exact) mass is 411 g/mol. The van der Waals surface area contributed by atoms with Gasteiger partial charge in [-0.1, -0.05) is 26.0 Å². The minimum absolute atomic E-state index is 0.0420. The Morgan fingerprint density at radius 1 is 1.10 bits per heavy atom. The summed E-state index contributed by atoms with van der Waals surface area (Å²) in [7, 11) is 1.26. The number of aromatic nitrogens is 4. The summed E-state index contributed by atoms with van der Waals surface area (Å²) < 4.78 is 13.5. The lowest BCUT2D eigenvalue weighted by Crippen LogP contribution is -2.16. The Balaban J connectivity index is 1.64. The highest BCUT2D eigenvalue weighted by atomic mass is 16.5. The number of carbonyl (C=O) groups is 2. The van der Waals surface area contributed by atoms with E-state index >= 15 is 0 Å². The van der Waals surface area contributed by atoms with Gasteiger partial charge < -0.3 is 14.8 Å². The number of nitrogens with one attached hydrogen (secondary N) is 1. The summed E-state index contributed by atoms with van der Waals surface area (Å²) in [5, 5.41) is 11.0. The van der Waals surface area contributed by atoms with Gasteiger partial charge in [-0.05, 0) is 36.6 Å². The molecule has 1 aromatic carbocycles. The van der Waals surface area contributed by atoms with Crippen LogP contribution in [0.5, 0.6) is 5.75 Å². The van der Waals surface area contributed by atoms with Gasteiger partial charge in [0.05, 0.1) is 12.8 Å². The van der Waals surface area contributed by atoms with Gasteiger partial charge in [0.1, 0.15) is 5.75 Å². The van der Waals surface area contributed by atoms with Crippen molar-refractivity contribution in [2.24, 2.45) is 0 Å². The van der Waals surface area contributed by atoms with Gasteiger partial charge in [0.2, 0.25) is 0 Å². The molecule has 30 heavy (non-hydrogen) atoms. The van der Waals surface area contributed by atoms with Gasteiger partial charge in [0.15, 0.2) is 18.1 Å². The zero-order valence-corrected chi connectivity index (χ0v) is 17.5. The van der Waals surface area contributed by atoms with Gasteiger partial charge in [-0.15, -0.1) is 0 Å². The topological polar surface area (TPSA) is 100 Å². The van der Waals surface area contributed by atoms with E-state index in [-0.39, 0.29) is 23.8 Å². The summed E-state index contributed by atoms with van der Waals surface area (Å²) in [5.41, 5.74) is 1.73. The molecule has 0 atom stereocenters. The molecule has 158 valence electrons. The number of methoxy groups -OCH3 is 1. The Morgan fingerprint density at radius 3 is 2.47 bits per heavy atom. The molecule has 0 unspecified atom stereocenters. The van der Waals surface area contributed by atoms with E-state index in [2.05, 4.69) is 29.4 Å². The van der Waals surface area contributed by atoms with Crippen LogP contribution >= 0.6 is 0 Å². The summed E-state index contributed by atoms with van der Waals surface area (Å²) in [6.45, 7) is 6.85. The number of hydrogen-bond acceptors (Lipinski definition) is 6. The summed E-state index contributed by atoms with van der Waals surface area (Å²) in [6.07, 6.45) is 3.22. The van der Waals surface area contributed by atoms with Crippen LogP contribution < -0.4 is 10.1 Å². The molecule has 0 aliphatic heterocycles. The lowest BCUT2D eigenvalue weighted by Gasteiger charge is -2.09. The second kappa shape index (κ2) is 9.25. The van der Waals surface area contributed by atoms with Crippen molar-refractivity contribution in [1.82, 2.24) is 19.6 Å². The van der Waals surface area contributed by atoms with Crippen LogP contribution in [0.4, 0.5) is 5.69 Å². The van der Waals surface area contributed by atoms with Gasteiger partial charge in [0.25, 0.3) is 5.91 Å². The second-order valence-electron chi connectivity index (χ2n) is 6.93. The van der Waals surface area contributed by atoms with Crippen molar-refractivity contribution in [2.75, 3.05) is 12.4 Å². The van der Waals surface area contributed by atoms with Crippen molar-refractivity contribution in [2.45, 2.75) is 40.0 Å². The largest absolute Gasteiger partial charge is 0.471 e. The van der Waals surface area contributed by atoms with E-state index in [0.717, 1.165) is 5.75 Å². The second-order valence-corrected chi connectivity index (χ2v) is 6.93. The molecule has 2 aromatic heterocycles. The number of esters is 1. The number of amides is 1. The molecule has 0 saturated carbocycles. The molecule has 1 amide bonds. The summed E-state index contributed by atoms with van der Waals surface area (Å²) in [6, 6.07) is 9.44. The molecule has 9 heteroatoms. The highest BCUT2D eigenvalue weighted by Crippen LogP contribution is 2.19. The van der Waals surface area contributed by atoms with Crippen molar-refractivity contribution >= 4 is 17.6 Å². The summed E-state index contributed by atoms with van der Waals surface area (Å²) in [4.78, 5) is 24.4. The third-order valence-corrected chi connectivity index (χ3v) is 4.50. The van der Waals surface area contributed by atoms with Crippen molar-refractivity contribution in [3.05, 3.63) is 59.7 Å². The van der Waals surface area contributed by atoms with Crippen molar-refractivity contribution in [3.63, 3.8) is 0 Å². The van der Waals surface area contributed by atoms with Gasteiger partial charge in [0, 0.05) is 18.9 Å². The fraction of sp³-hybridized carbons (Fsp3) is 0.333. The average molecular weight is 411 g/mol. The molecule has 9 nitrogen and oxygen atoms in total. The maximum atomic E-state index is 12.5. The smallest absolute Gasteiger partial charge is 0.360 e. The van der Waals surface area contributed by atoms with E-state index in [4.69, 9.17) is 9.47 Å². The number of hydrogen-bond donors (Lipinski definition) is 1. The zero-order chi connectivity index (χ0) is 21.7. The van der Waals surface area contributed by atoms with Crippen LogP contribution in [0.1, 0.15) is 53.2 Å². The van der Waals surface area contributed by atoms with E-state index in [0.29, 0.717) is 12.5 Å². The van der Waals surface area contributed by atoms with Crippen LogP contribution in [0.2, 0.25) is 0 Å². The maximum absolute atomic E-state index is 12.5. The van der Waals surface area contributed by atoms with Crippen LogP contribution in [0.15, 0.2) is 42.7 Å². The van der Waals surface area contributed by atoms with Crippen molar-refractivity contribution in [1.29, 1.82) is 0 Å². The minimum Gasteiger partial charge on any atom is -0.471 e. The predicted molar refractivity (Wildman–Crippen MR) is 111 cm³/mol. The highest BCUT2D eigenvalue weighted by Gasteiger charge is 2.20. The molecular formula is C21H25N5O4. The average Bonchev–Trinajstić information content (AvgIpc) is 3.39. The summed E-state index contributed by atoms with van der Waals surface area (Å²) in [5.74, 6) is 0.0849. The first-order valence-corrected chi connectivity index (χ1v) is 9.64. The molecule has 0 bridgehead atoms. The number of benzene rings is 1. The van der Waals surface area contributed by atoms with Gasteiger partial charge >= 0.3 is 5.97 Å². The van der Waals surface area contributed by atoms with Gasteiger partial charge in [-0.3, -0.25) is 9.48 Å². The van der Waals surface area contributed by atoms with E-state index < -0.39 is 11.9 Å². The molecule has 0 spiro atoms. The SMILES string of the molecule is CCn1cc(NC(=O)c2ccn(COc3ccc(C(C)C)cc3)n2)c(C(=O)OC)n1. The molecule has 0 saturated heterocycles. The lowest BCUT2D eigenvalue weighted by atomic mass is 10.0. The normalized spacial score (nSPS) is 10.8. The van der Waals surface area contributed by atoms with E-state index in [1.165, 1.54) is 17.4 Å². The first kappa shape index (κ1) is 21.1. The fourth-order valence-electron chi connectivity index (χ4n) is 2.75. The predicted octanol–water partition coefficient (Wildman–Crippen LogP) is 3.30. The van der Waals surface area contributed by atoms with Gasteiger partial charge in [-0.2, -0.15) is 10.2 Å². The fourth-order valence-corrected chi connectivity index (χ4v) is 2.75. The Hall–Kier alpha value is -3.62. The molecule has 3 rings (SSSR count). The Kier molecular flexibility index (Phi) is 6.51. The first-order chi connectivity index (χ1) is 14.4. The lowest BCUT2D eigenvalue weighted by molar-refractivity contribution is 0.0594. The van der Waals surface area contributed by atoms with E-state index in [1.807, 2.05) is 31.2 Å². The van der Waals surface area contributed by atoms with Crippen molar-refractivity contribution < 1.29 is 19.1 Å². The molecule has 0 aliphatic carbocycles. The third kappa shape index (κ3) is 4.86. The van der Waals surface area contributed by atoms with Crippen LogP contribution in [-0.4, -0.2) is 38.5 Å². The number of anilines is 1. The zero-order valence-electron chi connectivity index (χ0n) is 17.5. The van der Waals surface area contributed by atoms with E-state index in [9.17, 15) is 9.59 Å². The number of ether oxygens (including phenoxy) is 2. The molecule has 0 fully saturated rings. The maximum Gasteiger partial charge on any atom is 0.360 e. The van der Waals surface area contributed by atoms with Crippen molar-refractivity contribution in [3.8, 4) is 5.75 Å².